The molecule has 0 spiro atoms. The summed E-state index contributed by atoms with van der Waals surface area (Å²) in [5.41, 5.74) is -0.582. The van der Waals surface area contributed by atoms with Crippen molar-refractivity contribution in [2.24, 2.45) is 5.92 Å². The van der Waals surface area contributed by atoms with Crippen LogP contribution in [-0.2, 0) is 15.1 Å². The van der Waals surface area contributed by atoms with Crippen molar-refractivity contribution >= 4 is 11.8 Å². The van der Waals surface area contributed by atoms with Crippen LogP contribution in [0.25, 0.3) is 0 Å². The Morgan fingerprint density at radius 1 is 1.15 bits per heavy atom. The number of carbonyl (C=O) groups is 2. The number of ether oxygens (including phenoxy) is 1. The normalized spacial score (nSPS) is 20.6. The molecule has 1 atom stereocenters. The fourth-order valence-electron chi connectivity index (χ4n) is 4.92. The van der Waals surface area contributed by atoms with E-state index >= 15 is 0 Å². The van der Waals surface area contributed by atoms with Crippen LogP contribution in [0.2, 0.25) is 0 Å². The minimum Gasteiger partial charge on any atom is -0.493 e. The lowest BCUT2D eigenvalue weighted by atomic mass is 9.87. The molecule has 1 aliphatic heterocycles. The Kier molecular flexibility index (Phi) is 7.62. The van der Waals surface area contributed by atoms with Crippen LogP contribution in [0.5, 0.6) is 5.75 Å². The van der Waals surface area contributed by atoms with E-state index in [-0.39, 0.29) is 17.7 Å². The van der Waals surface area contributed by atoms with Gasteiger partial charge in [-0.25, -0.2) is 0 Å². The average molecular weight is 455 g/mol. The Balaban J connectivity index is 1.35. The fraction of sp³-hybridized carbons (Fsp3) is 0.600. The monoisotopic (exact) mass is 454 g/mol. The van der Waals surface area contributed by atoms with E-state index < -0.39 is 5.54 Å². The summed E-state index contributed by atoms with van der Waals surface area (Å²) in [5.74, 6) is 1.63. The number of hydrogen-bond donors (Lipinski definition) is 1. The van der Waals surface area contributed by atoms with Crippen molar-refractivity contribution in [1.82, 2.24) is 20.4 Å². The van der Waals surface area contributed by atoms with Gasteiger partial charge < -0.3 is 19.5 Å². The van der Waals surface area contributed by atoms with Gasteiger partial charge in [-0.3, -0.25) is 9.59 Å². The maximum Gasteiger partial charge on any atom is 0.226 e. The van der Waals surface area contributed by atoms with E-state index in [1.54, 1.807) is 11.8 Å². The molecule has 1 aromatic heterocycles. The SMILES string of the molecule is Cc1nc(C2(NC(=O)C3CCCN(C(=O)CCOc4ccccc4)C3)CCCCCC2)no1. The smallest absolute Gasteiger partial charge is 0.226 e. The first-order chi connectivity index (χ1) is 16.1. The Morgan fingerprint density at radius 3 is 2.61 bits per heavy atom. The summed E-state index contributed by atoms with van der Waals surface area (Å²) in [7, 11) is 0. The lowest BCUT2D eigenvalue weighted by molar-refractivity contribution is -0.136. The molecule has 4 rings (SSSR count). The molecule has 1 saturated heterocycles. The van der Waals surface area contributed by atoms with Crippen molar-refractivity contribution in [2.75, 3.05) is 19.7 Å². The second kappa shape index (κ2) is 10.8. The van der Waals surface area contributed by atoms with Gasteiger partial charge in [-0.1, -0.05) is 49.0 Å². The molecule has 2 heterocycles. The van der Waals surface area contributed by atoms with E-state index in [1.807, 2.05) is 30.3 Å². The van der Waals surface area contributed by atoms with Crippen LogP contribution in [0.4, 0.5) is 0 Å². The van der Waals surface area contributed by atoms with Crippen molar-refractivity contribution in [1.29, 1.82) is 0 Å². The minimum absolute atomic E-state index is 0.0163. The molecule has 2 aromatic rings. The molecule has 1 aliphatic carbocycles. The average Bonchev–Trinajstić information content (AvgIpc) is 3.14. The van der Waals surface area contributed by atoms with Gasteiger partial charge in [0.15, 0.2) is 5.82 Å². The van der Waals surface area contributed by atoms with E-state index in [4.69, 9.17) is 9.26 Å². The van der Waals surface area contributed by atoms with Crippen LogP contribution in [0.1, 0.15) is 69.5 Å². The van der Waals surface area contributed by atoms with Gasteiger partial charge in [0.1, 0.15) is 11.3 Å². The third kappa shape index (κ3) is 5.92. The summed E-state index contributed by atoms with van der Waals surface area (Å²) in [6, 6.07) is 9.49. The number of nitrogens with zero attached hydrogens (tertiary/aromatic N) is 3. The molecule has 1 aromatic carbocycles. The first-order valence-electron chi connectivity index (χ1n) is 12.1. The highest BCUT2D eigenvalue weighted by molar-refractivity contribution is 5.82. The van der Waals surface area contributed by atoms with Crippen molar-refractivity contribution in [3.8, 4) is 5.75 Å². The summed E-state index contributed by atoms with van der Waals surface area (Å²) < 4.78 is 10.9. The standard InChI is InChI=1S/C25H34N4O4/c1-19-26-24(28-33-19)25(14-7-2-3-8-15-25)27-23(31)20-10-9-16-29(18-20)22(30)13-17-32-21-11-5-4-6-12-21/h4-6,11-12,20H,2-3,7-10,13-18H2,1H3,(H,27,31). The number of amides is 2. The van der Waals surface area contributed by atoms with Gasteiger partial charge in [0.2, 0.25) is 17.7 Å². The third-order valence-corrected chi connectivity index (χ3v) is 6.75. The highest BCUT2D eigenvalue weighted by Crippen LogP contribution is 2.35. The molecule has 0 bridgehead atoms. The zero-order chi connectivity index (χ0) is 23.1. The molecule has 2 fully saturated rings. The molecule has 1 unspecified atom stereocenters. The Hall–Kier alpha value is -2.90. The highest BCUT2D eigenvalue weighted by atomic mass is 16.5. The number of aromatic nitrogens is 2. The number of aryl methyl sites for hydroxylation is 1. The number of nitrogens with one attached hydrogen (secondary N) is 1. The maximum absolute atomic E-state index is 13.4. The topological polar surface area (TPSA) is 97.6 Å². The van der Waals surface area contributed by atoms with Gasteiger partial charge in [-0.15, -0.1) is 0 Å². The van der Waals surface area contributed by atoms with Gasteiger partial charge in [0.05, 0.1) is 18.9 Å². The number of hydrogen-bond acceptors (Lipinski definition) is 6. The lowest BCUT2D eigenvalue weighted by Crippen LogP contribution is -2.52. The number of carbonyl (C=O) groups excluding carboxylic acids is 2. The first kappa shape index (κ1) is 23.3. The fourth-order valence-corrected chi connectivity index (χ4v) is 4.92. The van der Waals surface area contributed by atoms with Crippen LogP contribution in [0.15, 0.2) is 34.9 Å². The van der Waals surface area contributed by atoms with Crippen LogP contribution in [0, 0.1) is 12.8 Å². The number of piperidine rings is 1. The molecule has 2 aliphatic rings. The van der Waals surface area contributed by atoms with E-state index in [1.165, 1.54) is 0 Å². The van der Waals surface area contributed by atoms with Crippen molar-refractivity contribution in [3.05, 3.63) is 42.0 Å². The molecule has 8 nitrogen and oxygen atoms in total. The van der Waals surface area contributed by atoms with E-state index in [2.05, 4.69) is 15.5 Å². The summed E-state index contributed by atoms with van der Waals surface area (Å²) in [4.78, 5) is 32.4. The zero-order valence-corrected chi connectivity index (χ0v) is 19.4. The molecule has 1 N–H and O–H groups in total. The second-order valence-corrected chi connectivity index (χ2v) is 9.21. The molecular formula is C25H34N4O4. The van der Waals surface area contributed by atoms with Crippen LogP contribution in [-0.4, -0.2) is 46.6 Å². The molecular weight excluding hydrogens is 420 g/mol. The van der Waals surface area contributed by atoms with Gasteiger partial charge in [0.25, 0.3) is 0 Å². The predicted molar refractivity (Wildman–Crippen MR) is 122 cm³/mol. The molecule has 178 valence electrons. The van der Waals surface area contributed by atoms with Gasteiger partial charge in [0, 0.05) is 20.0 Å². The molecule has 0 radical (unpaired) electrons. The van der Waals surface area contributed by atoms with Crippen molar-refractivity contribution in [3.63, 3.8) is 0 Å². The van der Waals surface area contributed by atoms with E-state index in [0.717, 1.165) is 57.1 Å². The van der Waals surface area contributed by atoms with Gasteiger partial charge in [-0.05, 0) is 37.8 Å². The van der Waals surface area contributed by atoms with E-state index in [9.17, 15) is 9.59 Å². The number of rotatable bonds is 7. The van der Waals surface area contributed by atoms with E-state index in [0.29, 0.717) is 37.8 Å². The predicted octanol–water partition coefficient (Wildman–Crippen LogP) is 3.75. The Bertz CT molecular complexity index is 921. The van der Waals surface area contributed by atoms with Crippen LogP contribution >= 0.6 is 0 Å². The highest BCUT2D eigenvalue weighted by Gasteiger charge is 2.41. The Labute approximate surface area is 195 Å². The first-order valence-corrected chi connectivity index (χ1v) is 12.1. The largest absolute Gasteiger partial charge is 0.493 e. The summed E-state index contributed by atoms with van der Waals surface area (Å²) in [6.45, 7) is 3.23. The van der Waals surface area contributed by atoms with Crippen LogP contribution < -0.4 is 10.1 Å². The van der Waals surface area contributed by atoms with Gasteiger partial charge in [-0.2, -0.15) is 4.98 Å². The minimum atomic E-state index is -0.582. The third-order valence-electron chi connectivity index (χ3n) is 6.75. The van der Waals surface area contributed by atoms with Crippen LogP contribution in [0.3, 0.4) is 0 Å². The zero-order valence-electron chi connectivity index (χ0n) is 19.4. The molecule has 33 heavy (non-hydrogen) atoms. The number of likely N-dealkylation sites (tertiary alicyclic amines) is 1. The van der Waals surface area contributed by atoms with Crippen molar-refractivity contribution < 1.29 is 18.8 Å². The Morgan fingerprint density at radius 2 is 1.91 bits per heavy atom. The number of para-hydroxylation sites is 1. The van der Waals surface area contributed by atoms with Crippen molar-refractivity contribution in [2.45, 2.75) is 70.3 Å². The number of benzene rings is 1. The summed E-state index contributed by atoms with van der Waals surface area (Å²) >= 11 is 0. The van der Waals surface area contributed by atoms with Gasteiger partial charge >= 0.3 is 0 Å². The maximum atomic E-state index is 13.4. The molecule has 2 amide bonds. The summed E-state index contributed by atoms with van der Waals surface area (Å²) in [6.07, 6.45) is 7.84. The second-order valence-electron chi connectivity index (χ2n) is 9.21. The quantitative estimate of drug-likeness (QED) is 0.640. The summed E-state index contributed by atoms with van der Waals surface area (Å²) in [5, 5.41) is 7.48. The molecule has 8 heteroatoms. The molecule has 1 saturated carbocycles. The lowest BCUT2D eigenvalue weighted by Gasteiger charge is -2.36.